The predicted octanol–water partition coefficient (Wildman–Crippen LogP) is 3.74. The molecule has 7 nitrogen and oxygen atoms in total. The second kappa shape index (κ2) is 7.04. The van der Waals surface area contributed by atoms with Gasteiger partial charge in [-0.3, -0.25) is 20.2 Å². The van der Waals surface area contributed by atoms with E-state index in [4.69, 9.17) is 0 Å². The molecule has 0 unspecified atom stereocenters. The summed E-state index contributed by atoms with van der Waals surface area (Å²) >= 11 is 1.39. The maximum Gasteiger partial charge on any atom is 0.272 e. The molecule has 1 aliphatic carbocycles. The number of rotatable bonds is 5. The molecular weight excluding hydrogens is 328 g/mol. The van der Waals surface area contributed by atoms with Crippen LogP contribution < -0.4 is 5.32 Å². The number of carbonyl (C=O) groups is 1. The van der Waals surface area contributed by atoms with E-state index < -0.39 is 4.92 Å². The first-order valence-electron chi connectivity index (χ1n) is 7.91. The lowest BCUT2D eigenvalue weighted by molar-refractivity contribution is -0.385. The van der Waals surface area contributed by atoms with E-state index in [1.807, 2.05) is 0 Å². The van der Waals surface area contributed by atoms with Crippen molar-refractivity contribution in [3.63, 3.8) is 0 Å². The van der Waals surface area contributed by atoms with Crippen LogP contribution in [0.4, 0.5) is 10.8 Å². The van der Waals surface area contributed by atoms with E-state index in [0.717, 1.165) is 11.4 Å². The van der Waals surface area contributed by atoms with Gasteiger partial charge < -0.3 is 0 Å². The molecule has 0 spiro atoms. The van der Waals surface area contributed by atoms with Crippen LogP contribution in [0.15, 0.2) is 18.2 Å². The van der Waals surface area contributed by atoms with E-state index in [-0.39, 0.29) is 11.6 Å². The van der Waals surface area contributed by atoms with Crippen LogP contribution in [-0.2, 0) is 6.42 Å². The third-order valence-electron chi connectivity index (χ3n) is 4.28. The average Bonchev–Trinajstić information content (AvgIpc) is 3.19. The third kappa shape index (κ3) is 3.76. The third-order valence-corrected chi connectivity index (χ3v) is 5.14. The van der Waals surface area contributed by atoms with Crippen LogP contribution in [0.1, 0.15) is 46.6 Å². The van der Waals surface area contributed by atoms with Gasteiger partial charge in [0.05, 0.1) is 4.92 Å². The van der Waals surface area contributed by atoms with Gasteiger partial charge in [0, 0.05) is 23.6 Å². The van der Waals surface area contributed by atoms with E-state index in [0.29, 0.717) is 22.2 Å². The Bertz CT molecular complexity index is 768. The maximum absolute atomic E-state index is 12.3. The molecule has 1 heterocycles. The quantitative estimate of drug-likeness (QED) is 0.657. The number of aromatic nitrogens is 2. The lowest BCUT2D eigenvalue weighted by atomic mass is 10.1. The fraction of sp³-hybridized carbons (Fsp3) is 0.438. The normalized spacial score (nSPS) is 14.7. The van der Waals surface area contributed by atoms with Crippen LogP contribution in [0.25, 0.3) is 0 Å². The van der Waals surface area contributed by atoms with Crippen LogP contribution in [-0.4, -0.2) is 21.0 Å². The Hall–Kier alpha value is -2.35. The van der Waals surface area contributed by atoms with Gasteiger partial charge in [-0.1, -0.05) is 37.0 Å². The molecule has 1 fully saturated rings. The molecule has 1 aromatic heterocycles. The summed E-state index contributed by atoms with van der Waals surface area (Å²) in [6.45, 7) is 1.61. The smallest absolute Gasteiger partial charge is 0.272 e. The summed E-state index contributed by atoms with van der Waals surface area (Å²) < 4.78 is 0. The Balaban J connectivity index is 1.65. The Morgan fingerprint density at radius 3 is 2.79 bits per heavy atom. The molecule has 3 rings (SSSR count). The first kappa shape index (κ1) is 16.5. The number of nitro benzene ring substituents is 1. The van der Waals surface area contributed by atoms with E-state index in [1.165, 1.54) is 55.2 Å². The number of hydrogen-bond acceptors (Lipinski definition) is 6. The van der Waals surface area contributed by atoms with E-state index in [2.05, 4.69) is 15.5 Å². The number of amides is 1. The van der Waals surface area contributed by atoms with Crippen molar-refractivity contribution in [1.29, 1.82) is 0 Å². The van der Waals surface area contributed by atoms with E-state index in [9.17, 15) is 14.9 Å². The van der Waals surface area contributed by atoms with E-state index in [1.54, 1.807) is 6.92 Å². The van der Waals surface area contributed by atoms with Crippen molar-refractivity contribution in [1.82, 2.24) is 10.2 Å². The highest BCUT2D eigenvalue weighted by molar-refractivity contribution is 7.15. The van der Waals surface area contributed by atoms with Crippen molar-refractivity contribution >= 4 is 28.1 Å². The molecule has 1 aliphatic rings. The fourth-order valence-corrected chi connectivity index (χ4v) is 3.87. The summed E-state index contributed by atoms with van der Waals surface area (Å²) in [5.41, 5.74) is 0.818. The fourth-order valence-electron chi connectivity index (χ4n) is 3.02. The van der Waals surface area contributed by atoms with Gasteiger partial charge >= 0.3 is 0 Å². The van der Waals surface area contributed by atoms with Crippen molar-refractivity contribution in [2.24, 2.45) is 5.92 Å². The number of nitro groups is 1. The SMILES string of the molecule is Cc1cc(C(=O)Nc2nnc(CC3CCCC3)s2)ccc1[N+](=O)[O-]. The van der Waals surface area contributed by atoms with Crippen LogP contribution in [0.5, 0.6) is 0 Å². The van der Waals surface area contributed by atoms with Crippen molar-refractivity contribution in [2.45, 2.75) is 39.0 Å². The summed E-state index contributed by atoms with van der Waals surface area (Å²) in [4.78, 5) is 22.6. The molecule has 2 aromatic rings. The standard InChI is InChI=1S/C16H18N4O3S/c1-10-8-12(6-7-13(10)20(22)23)15(21)17-16-19-18-14(24-16)9-11-4-2-3-5-11/h6-8,11H,2-5,9H2,1H3,(H,17,19,21). The number of aryl methyl sites for hydroxylation is 1. The molecule has 0 atom stereocenters. The second-order valence-electron chi connectivity index (χ2n) is 6.07. The minimum absolute atomic E-state index is 0.00122. The number of nitrogens with zero attached hydrogens (tertiary/aromatic N) is 3. The number of anilines is 1. The summed E-state index contributed by atoms with van der Waals surface area (Å²) in [5.74, 6) is 0.343. The highest BCUT2D eigenvalue weighted by atomic mass is 32.1. The summed E-state index contributed by atoms with van der Waals surface area (Å²) in [6.07, 6.45) is 5.97. The van der Waals surface area contributed by atoms with Crippen LogP contribution in [0.2, 0.25) is 0 Å². The lowest BCUT2D eigenvalue weighted by Crippen LogP contribution is -2.12. The van der Waals surface area contributed by atoms with Crippen molar-refractivity contribution in [2.75, 3.05) is 5.32 Å². The Morgan fingerprint density at radius 1 is 1.38 bits per heavy atom. The molecule has 1 aromatic carbocycles. The molecule has 1 amide bonds. The Labute approximate surface area is 143 Å². The van der Waals surface area contributed by atoms with Crippen molar-refractivity contribution < 1.29 is 9.72 Å². The molecule has 0 saturated heterocycles. The van der Waals surface area contributed by atoms with Gasteiger partial charge in [0.2, 0.25) is 5.13 Å². The van der Waals surface area contributed by atoms with Crippen LogP contribution in [0, 0.1) is 23.0 Å². The van der Waals surface area contributed by atoms with Crippen LogP contribution in [0.3, 0.4) is 0 Å². The zero-order valence-corrected chi connectivity index (χ0v) is 14.1. The van der Waals surface area contributed by atoms with Crippen molar-refractivity contribution in [3.05, 3.63) is 44.4 Å². The molecule has 8 heteroatoms. The molecule has 0 bridgehead atoms. The average molecular weight is 346 g/mol. The van der Waals surface area contributed by atoms with Gasteiger partial charge in [0.15, 0.2) is 0 Å². The molecule has 1 saturated carbocycles. The molecule has 1 N–H and O–H groups in total. The number of hydrogen-bond donors (Lipinski definition) is 1. The first-order valence-corrected chi connectivity index (χ1v) is 8.73. The highest BCUT2D eigenvalue weighted by Crippen LogP contribution is 2.29. The molecule has 0 radical (unpaired) electrons. The lowest BCUT2D eigenvalue weighted by Gasteiger charge is -2.04. The van der Waals surface area contributed by atoms with Gasteiger partial charge in [-0.05, 0) is 25.0 Å². The van der Waals surface area contributed by atoms with Gasteiger partial charge in [0.1, 0.15) is 5.01 Å². The minimum atomic E-state index is -0.461. The van der Waals surface area contributed by atoms with Gasteiger partial charge in [-0.15, -0.1) is 10.2 Å². The van der Waals surface area contributed by atoms with Gasteiger partial charge in [-0.2, -0.15) is 0 Å². The van der Waals surface area contributed by atoms with Gasteiger partial charge in [-0.25, -0.2) is 0 Å². The molecule has 0 aliphatic heterocycles. The summed E-state index contributed by atoms with van der Waals surface area (Å²) in [7, 11) is 0. The maximum atomic E-state index is 12.3. The zero-order valence-electron chi connectivity index (χ0n) is 13.3. The zero-order chi connectivity index (χ0) is 17.1. The highest BCUT2D eigenvalue weighted by Gasteiger charge is 2.19. The molecule has 126 valence electrons. The largest absolute Gasteiger partial charge is 0.296 e. The predicted molar refractivity (Wildman–Crippen MR) is 91.4 cm³/mol. The summed E-state index contributed by atoms with van der Waals surface area (Å²) in [6, 6.07) is 4.30. The monoisotopic (exact) mass is 346 g/mol. The number of benzene rings is 1. The van der Waals surface area contributed by atoms with Crippen molar-refractivity contribution in [3.8, 4) is 0 Å². The first-order chi connectivity index (χ1) is 11.5. The minimum Gasteiger partial charge on any atom is -0.296 e. The molecule has 24 heavy (non-hydrogen) atoms. The topological polar surface area (TPSA) is 98.0 Å². The summed E-state index contributed by atoms with van der Waals surface area (Å²) in [5, 5.41) is 23.1. The van der Waals surface area contributed by atoms with E-state index >= 15 is 0 Å². The Kier molecular flexibility index (Phi) is 4.84. The number of carbonyl (C=O) groups excluding carboxylic acids is 1. The second-order valence-corrected chi connectivity index (χ2v) is 7.13. The van der Waals surface area contributed by atoms with Gasteiger partial charge in [0.25, 0.3) is 11.6 Å². The van der Waals surface area contributed by atoms with Crippen LogP contribution >= 0.6 is 11.3 Å². The molecular formula is C16H18N4O3S. The Morgan fingerprint density at radius 2 is 2.12 bits per heavy atom. The number of nitrogens with one attached hydrogen (secondary N) is 1.